The Morgan fingerprint density at radius 2 is 1.79 bits per heavy atom. The summed E-state index contributed by atoms with van der Waals surface area (Å²) in [4.78, 5) is 25.8. The van der Waals surface area contributed by atoms with Crippen LogP contribution in [0.4, 0.5) is 32.0 Å². The van der Waals surface area contributed by atoms with Crippen LogP contribution in [0, 0.1) is 23.4 Å². The second kappa shape index (κ2) is 8.38. The summed E-state index contributed by atoms with van der Waals surface area (Å²) in [7, 11) is 0. The number of halogens is 6. The minimum absolute atomic E-state index is 0.145. The Hall–Kier alpha value is -2.30. The number of benzene rings is 1. The van der Waals surface area contributed by atoms with Crippen LogP contribution < -0.4 is 10.6 Å². The first-order valence-electron chi connectivity index (χ1n) is 8.46. The molecule has 1 aliphatic heterocycles. The fourth-order valence-electron chi connectivity index (χ4n) is 2.96. The van der Waals surface area contributed by atoms with E-state index in [1.165, 1.54) is 4.90 Å². The molecule has 1 aromatic carbocycles. The molecule has 1 saturated heterocycles. The number of nitrogens with zero attached hydrogens (tertiary/aromatic N) is 1. The lowest BCUT2D eigenvalue weighted by molar-refractivity contribution is -0.153. The number of hydrogen-bond acceptors (Lipinski definition) is 3. The molecule has 0 aromatic heterocycles. The lowest BCUT2D eigenvalue weighted by Crippen LogP contribution is -2.47. The molecule has 0 spiro atoms. The average Bonchev–Trinajstić information content (AvgIpc) is 2.98. The maximum absolute atomic E-state index is 13.2. The van der Waals surface area contributed by atoms with Crippen molar-refractivity contribution in [2.24, 2.45) is 5.92 Å². The highest BCUT2D eigenvalue weighted by atomic mass is 19.4. The molecule has 1 aliphatic rings. The summed E-state index contributed by atoms with van der Waals surface area (Å²) in [6.07, 6.45) is -4.27. The number of carbonyl (C=O) groups is 2. The number of carbonyl (C=O) groups excluding carboxylic acids is 2. The third kappa shape index (κ3) is 4.94. The summed E-state index contributed by atoms with van der Waals surface area (Å²) in [6, 6.07) is -1.25. The van der Waals surface area contributed by atoms with Gasteiger partial charge < -0.3 is 10.2 Å². The molecule has 1 fully saturated rings. The van der Waals surface area contributed by atoms with Gasteiger partial charge in [-0.25, -0.2) is 13.2 Å². The predicted octanol–water partition coefficient (Wildman–Crippen LogP) is 2.82. The number of anilines is 1. The molecular weight excluding hydrogens is 392 g/mol. The molecule has 0 aliphatic carbocycles. The van der Waals surface area contributed by atoms with E-state index in [2.05, 4.69) is 10.6 Å². The molecule has 11 heteroatoms. The van der Waals surface area contributed by atoms with E-state index in [4.69, 9.17) is 0 Å². The lowest BCUT2D eigenvalue weighted by atomic mass is 10.0. The van der Waals surface area contributed by atoms with E-state index in [0.717, 1.165) is 6.92 Å². The zero-order valence-electron chi connectivity index (χ0n) is 15.0. The molecule has 2 N–H and O–H groups in total. The minimum atomic E-state index is -4.49. The van der Waals surface area contributed by atoms with Crippen LogP contribution in [0.25, 0.3) is 0 Å². The molecule has 0 saturated carbocycles. The maximum atomic E-state index is 13.2. The Bertz CT molecular complexity index is 732. The molecule has 1 aromatic rings. The van der Waals surface area contributed by atoms with E-state index < -0.39 is 60.0 Å². The van der Waals surface area contributed by atoms with Gasteiger partial charge in [-0.3, -0.25) is 14.9 Å². The fourth-order valence-corrected chi connectivity index (χ4v) is 2.96. The largest absolute Gasteiger partial charge is 0.403 e. The van der Waals surface area contributed by atoms with E-state index in [9.17, 15) is 35.9 Å². The first-order valence-corrected chi connectivity index (χ1v) is 8.46. The summed E-state index contributed by atoms with van der Waals surface area (Å²) in [5, 5.41) is 4.35. The molecule has 3 atom stereocenters. The second-order valence-electron chi connectivity index (χ2n) is 6.61. The van der Waals surface area contributed by atoms with Crippen LogP contribution in [-0.4, -0.2) is 48.1 Å². The third-order valence-electron chi connectivity index (χ3n) is 4.71. The van der Waals surface area contributed by atoms with E-state index >= 15 is 0 Å². The highest BCUT2D eigenvalue weighted by Gasteiger charge is 2.40. The number of amides is 2. The molecule has 2 amide bonds. The van der Waals surface area contributed by atoms with Crippen molar-refractivity contribution in [1.82, 2.24) is 10.2 Å². The molecule has 5 nitrogen and oxygen atoms in total. The fraction of sp³-hybridized carbons (Fsp3) is 0.529. The molecule has 0 radical (unpaired) electrons. The topological polar surface area (TPSA) is 61.4 Å². The predicted molar refractivity (Wildman–Crippen MR) is 87.7 cm³/mol. The van der Waals surface area contributed by atoms with Gasteiger partial charge in [0.1, 0.15) is 6.04 Å². The van der Waals surface area contributed by atoms with Crippen LogP contribution in [0.3, 0.4) is 0 Å². The van der Waals surface area contributed by atoms with Gasteiger partial charge >= 0.3 is 6.18 Å². The van der Waals surface area contributed by atoms with Gasteiger partial charge in [0.15, 0.2) is 17.5 Å². The Labute approximate surface area is 157 Å². The quantitative estimate of drug-likeness (QED) is 0.579. The summed E-state index contributed by atoms with van der Waals surface area (Å²) in [6.45, 7) is 2.03. The van der Waals surface area contributed by atoms with E-state index in [0.29, 0.717) is 12.1 Å². The van der Waals surface area contributed by atoms with Crippen molar-refractivity contribution in [3.63, 3.8) is 0 Å². The normalized spacial score (nSPS) is 20.9. The van der Waals surface area contributed by atoms with Gasteiger partial charge in [0, 0.05) is 30.4 Å². The van der Waals surface area contributed by atoms with Gasteiger partial charge in [0.2, 0.25) is 11.8 Å². The first-order chi connectivity index (χ1) is 12.9. The average molecular weight is 411 g/mol. The Morgan fingerprint density at radius 3 is 2.32 bits per heavy atom. The highest BCUT2D eigenvalue weighted by Crippen LogP contribution is 2.27. The lowest BCUT2D eigenvalue weighted by Gasteiger charge is -2.25. The summed E-state index contributed by atoms with van der Waals surface area (Å²) in [5.74, 6) is -6.56. The van der Waals surface area contributed by atoms with Crippen LogP contribution >= 0.6 is 0 Å². The first kappa shape index (κ1) is 22.0. The molecular formula is C17H19F6N3O2. The molecule has 1 unspecified atom stereocenters. The zero-order valence-corrected chi connectivity index (χ0v) is 15.0. The van der Waals surface area contributed by atoms with Gasteiger partial charge in [-0.05, 0) is 20.3 Å². The van der Waals surface area contributed by atoms with Crippen molar-refractivity contribution in [3.8, 4) is 0 Å². The summed E-state index contributed by atoms with van der Waals surface area (Å²) >= 11 is 0. The Kier molecular flexibility index (Phi) is 6.58. The Balaban J connectivity index is 1.96. The van der Waals surface area contributed by atoms with Gasteiger partial charge in [0.25, 0.3) is 0 Å². The number of alkyl halides is 3. The Morgan fingerprint density at radius 1 is 1.21 bits per heavy atom. The highest BCUT2D eigenvalue weighted by molar-refractivity contribution is 5.94. The van der Waals surface area contributed by atoms with Crippen molar-refractivity contribution >= 4 is 17.5 Å². The number of likely N-dealkylation sites (tertiary alicyclic amines) is 1. The van der Waals surface area contributed by atoms with Gasteiger partial charge in [-0.2, -0.15) is 13.2 Å². The van der Waals surface area contributed by atoms with Crippen molar-refractivity contribution in [2.45, 2.75) is 38.5 Å². The van der Waals surface area contributed by atoms with Crippen LogP contribution in [0.5, 0.6) is 0 Å². The molecule has 2 rings (SSSR count). The summed E-state index contributed by atoms with van der Waals surface area (Å²) in [5.41, 5.74) is -0.279. The van der Waals surface area contributed by atoms with Crippen molar-refractivity contribution in [2.75, 3.05) is 18.4 Å². The molecule has 0 bridgehead atoms. The van der Waals surface area contributed by atoms with Crippen molar-refractivity contribution in [1.29, 1.82) is 0 Å². The van der Waals surface area contributed by atoms with Gasteiger partial charge in [-0.1, -0.05) is 0 Å². The van der Waals surface area contributed by atoms with E-state index in [1.54, 1.807) is 6.92 Å². The zero-order chi connectivity index (χ0) is 21.2. The van der Waals surface area contributed by atoms with Crippen molar-refractivity contribution in [3.05, 3.63) is 29.6 Å². The standard InChI is InChI=1S/C17H19F6N3O2/c1-8-11(16(28)25-10-5-12(18)15(20)13(19)6-10)3-4-26(8)14(27)7-24-9(2)17(21,22)23/h5-6,8-9,11,24H,3-4,7H2,1-2H3,(H,25,28)/t8-,9+,11?/m0/s1. The summed E-state index contributed by atoms with van der Waals surface area (Å²) < 4.78 is 76.9. The second-order valence-corrected chi connectivity index (χ2v) is 6.61. The maximum Gasteiger partial charge on any atom is 0.403 e. The van der Waals surface area contributed by atoms with E-state index in [1.807, 2.05) is 0 Å². The van der Waals surface area contributed by atoms with Crippen LogP contribution in [0.2, 0.25) is 0 Å². The van der Waals surface area contributed by atoms with Crippen LogP contribution in [-0.2, 0) is 9.59 Å². The monoisotopic (exact) mass is 411 g/mol. The molecule has 28 heavy (non-hydrogen) atoms. The van der Waals surface area contributed by atoms with Crippen molar-refractivity contribution < 1.29 is 35.9 Å². The number of hydrogen-bond donors (Lipinski definition) is 2. The van der Waals surface area contributed by atoms with Gasteiger partial charge in [0.05, 0.1) is 12.5 Å². The smallest absolute Gasteiger partial charge is 0.338 e. The SMILES string of the molecule is C[C@H]1C(C(=O)Nc2cc(F)c(F)c(F)c2)CCN1C(=O)CN[C@H](C)C(F)(F)F. The van der Waals surface area contributed by atoms with Crippen LogP contribution in [0.1, 0.15) is 20.3 Å². The van der Waals surface area contributed by atoms with Gasteiger partial charge in [-0.15, -0.1) is 0 Å². The molecule has 156 valence electrons. The van der Waals surface area contributed by atoms with E-state index in [-0.39, 0.29) is 18.7 Å². The van der Waals surface area contributed by atoms with Crippen LogP contribution in [0.15, 0.2) is 12.1 Å². The minimum Gasteiger partial charge on any atom is -0.338 e. The molecule has 1 heterocycles. The number of nitrogens with one attached hydrogen (secondary N) is 2. The number of rotatable bonds is 5. The third-order valence-corrected chi connectivity index (χ3v) is 4.71.